The molecule has 0 amide bonds. The van der Waals surface area contributed by atoms with Gasteiger partial charge in [-0.25, -0.2) is 0 Å². The summed E-state index contributed by atoms with van der Waals surface area (Å²) in [5, 5.41) is 11.0. The monoisotopic (exact) mass is 331 g/mol. The van der Waals surface area contributed by atoms with E-state index in [2.05, 4.69) is 39.0 Å². The number of aliphatic hydroxyl groups is 1. The summed E-state index contributed by atoms with van der Waals surface area (Å²) in [7, 11) is 0. The normalized spacial score (nSPS) is 23.7. The summed E-state index contributed by atoms with van der Waals surface area (Å²) in [6.07, 6.45) is 7.28. The van der Waals surface area contributed by atoms with Gasteiger partial charge in [-0.15, -0.1) is 0 Å². The number of para-hydroxylation sites is 1. The third-order valence-electron chi connectivity index (χ3n) is 5.26. The van der Waals surface area contributed by atoms with E-state index in [9.17, 15) is 5.11 Å². The van der Waals surface area contributed by atoms with E-state index in [0.717, 1.165) is 11.3 Å². The first-order valence-electron chi connectivity index (χ1n) is 8.67. The molecule has 0 radical (unpaired) electrons. The second kappa shape index (κ2) is 6.81. The lowest BCUT2D eigenvalue weighted by atomic mass is 9.58. The van der Waals surface area contributed by atoms with Crippen molar-refractivity contribution in [3.05, 3.63) is 90.0 Å². The topological polar surface area (TPSA) is 32.6 Å². The fourth-order valence-electron chi connectivity index (χ4n) is 3.54. The van der Waals surface area contributed by atoms with Gasteiger partial charge in [0, 0.05) is 11.6 Å². The predicted molar refractivity (Wildman–Crippen MR) is 105 cm³/mol. The van der Waals surface area contributed by atoms with Crippen LogP contribution in [0.25, 0.3) is 0 Å². The lowest BCUT2D eigenvalue weighted by molar-refractivity contribution is 0.0957. The van der Waals surface area contributed by atoms with Crippen LogP contribution in [0.3, 0.4) is 0 Å². The highest BCUT2D eigenvalue weighted by Gasteiger charge is 2.48. The SMILES string of the molecule is CC1=CC(C=Nc2ccccc2)(C(C)(C)c2ccccc2)C(O)C=C1. The van der Waals surface area contributed by atoms with E-state index in [4.69, 9.17) is 4.99 Å². The van der Waals surface area contributed by atoms with Crippen LogP contribution in [-0.2, 0) is 5.41 Å². The summed E-state index contributed by atoms with van der Waals surface area (Å²) >= 11 is 0. The molecule has 0 bridgehead atoms. The molecule has 0 aromatic heterocycles. The zero-order valence-electron chi connectivity index (χ0n) is 15.1. The molecular weight excluding hydrogens is 306 g/mol. The molecule has 3 rings (SSSR count). The lowest BCUT2D eigenvalue weighted by Gasteiger charge is -2.46. The van der Waals surface area contributed by atoms with Gasteiger partial charge in [0.25, 0.3) is 0 Å². The maximum Gasteiger partial charge on any atom is 0.0873 e. The summed E-state index contributed by atoms with van der Waals surface area (Å²) in [6, 6.07) is 20.2. The van der Waals surface area contributed by atoms with Crippen molar-refractivity contribution in [3.8, 4) is 0 Å². The van der Waals surface area contributed by atoms with Gasteiger partial charge in [0.05, 0.1) is 17.2 Å². The average Bonchev–Trinajstić information content (AvgIpc) is 2.64. The van der Waals surface area contributed by atoms with Gasteiger partial charge >= 0.3 is 0 Å². The minimum absolute atomic E-state index is 0.335. The summed E-state index contributed by atoms with van der Waals surface area (Å²) in [6.45, 7) is 6.41. The number of nitrogens with zero attached hydrogens (tertiary/aromatic N) is 1. The Bertz CT molecular complexity index is 803. The van der Waals surface area contributed by atoms with Gasteiger partial charge in [-0.05, 0) is 24.6 Å². The van der Waals surface area contributed by atoms with Crippen molar-refractivity contribution >= 4 is 11.9 Å². The van der Waals surface area contributed by atoms with Crippen molar-refractivity contribution in [2.24, 2.45) is 10.4 Å². The summed E-state index contributed by atoms with van der Waals surface area (Å²) in [4.78, 5) is 4.72. The van der Waals surface area contributed by atoms with Gasteiger partial charge in [0.1, 0.15) is 0 Å². The van der Waals surface area contributed by atoms with Gasteiger partial charge in [0.15, 0.2) is 0 Å². The molecule has 2 aromatic rings. The Morgan fingerprint density at radius 3 is 2.24 bits per heavy atom. The number of aliphatic hydroxyl groups excluding tert-OH is 1. The fraction of sp³-hybridized carbons (Fsp3) is 0.261. The third-order valence-corrected chi connectivity index (χ3v) is 5.26. The van der Waals surface area contributed by atoms with E-state index in [-0.39, 0.29) is 5.41 Å². The molecule has 2 unspecified atom stereocenters. The zero-order chi connectivity index (χ0) is 17.9. The lowest BCUT2D eigenvalue weighted by Crippen LogP contribution is -2.50. The Kier molecular flexibility index (Phi) is 4.73. The maximum absolute atomic E-state index is 11.0. The number of allylic oxidation sites excluding steroid dienone is 2. The molecule has 2 aromatic carbocycles. The second-order valence-electron chi connectivity index (χ2n) is 7.21. The summed E-state index contributed by atoms with van der Waals surface area (Å²) < 4.78 is 0. The molecule has 0 saturated heterocycles. The average molecular weight is 331 g/mol. The Morgan fingerprint density at radius 2 is 1.60 bits per heavy atom. The van der Waals surface area contributed by atoms with Gasteiger partial charge in [0.2, 0.25) is 0 Å². The molecular formula is C23H25NO. The quantitative estimate of drug-likeness (QED) is 0.764. The minimum Gasteiger partial charge on any atom is -0.388 e. The smallest absolute Gasteiger partial charge is 0.0873 e. The van der Waals surface area contributed by atoms with Gasteiger partial charge in [-0.2, -0.15) is 0 Å². The zero-order valence-corrected chi connectivity index (χ0v) is 15.1. The largest absolute Gasteiger partial charge is 0.388 e. The molecule has 0 spiro atoms. The van der Waals surface area contributed by atoms with Crippen molar-refractivity contribution in [2.75, 3.05) is 0 Å². The summed E-state index contributed by atoms with van der Waals surface area (Å²) in [5.74, 6) is 0. The van der Waals surface area contributed by atoms with Crippen molar-refractivity contribution in [1.29, 1.82) is 0 Å². The second-order valence-corrected chi connectivity index (χ2v) is 7.21. The molecule has 128 valence electrons. The Hall–Kier alpha value is -2.45. The molecule has 0 aliphatic heterocycles. The van der Waals surface area contributed by atoms with Crippen LogP contribution < -0.4 is 0 Å². The van der Waals surface area contributed by atoms with Gasteiger partial charge in [-0.1, -0.05) is 86.2 Å². The van der Waals surface area contributed by atoms with Gasteiger partial charge < -0.3 is 5.11 Å². The van der Waals surface area contributed by atoms with E-state index in [0.29, 0.717) is 0 Å². The first-order valence-corrected chi connectivity index (χ1v) is 8.67. The molecule has 1 N–H and O–H groups in total. The molecule has 25 heavy (non-hydrogen) atoms. The van der Waals surface area contributed by atoms with Crippen molar-refractivity contribution < 1.29 is 5.11 Å². The van der Waals surface area contributed by atoms with E-state index < -0.39 is 11.5 Å². The third kappa shape index (κ3) is 3.22. The Balaban J connectivity index is 2.13. The van der Waals surface area contributed by atoms with Crippen LogP contribution in [0.1, 0.15) is 26.3 Å². The number of benzene rings is 2. The van der Waals surface area contributed by atoms with Crippen molar-refractivity contribution in [2.45, 2.75) is 32.3 Å². The van der Waals surface area contributed by atoms with Crippen molar-refractivity contribution in [1.82, 2.24) is 0 Å². The highest BCUT2D eigenvalue weighted by Crippen LogP contribution is 2.47. The van der Waals surface area contributed by atoms with Crippen LogP contribution in [-0.4, -0.2) is 17.4 Å². The first kappa shape index (κ1) is 17.4. The molecule has 2 atom stereocenters. The molecule has 1 aliphatic carbocycles. The minimum atomic E-state index is -0.640. The van der Waals surface area contributed by atoms with Crippen LogP contribution in [0.4, 0.5) is 5.69 Å². The molecule has 2 nitrogen and oxygen atoms in total. The number of hydrogen-bond donors (Lipinski definition) is 1. The predicted octanol–water partition coefficient (Wildman–Crippen LogP) is 5.23. The highest BCUT2D eigenvalue weighted by atomic mass is 16.3. The molecule has 0 heterocycles. The van der Waals surface area contributed by atoms with Crippen LogP contribution in [0.5, 0.6) is 0 Å². The highest BCUT2D eigenvalue weighted by molar-refractivity contribution is 5.77. The molecule has 1 aliphatic rings. The van der Waals surface area contributed by atoms with Crippen molar-refractivity contribution in [3.63, 3.8) is 0 Å². The van der Waals surface area contributed by atoms with E-state index >= 15 is 0 Å². The number of hydrogen-bond acceptors (Lipinski definition) is 2. The molecule has 0 fully saturated rings. The van der Waals surface area contributed by atoms with Crippen LogP contribution >= 0.6 is 0 Å². The van der Waals surface area contributed by atoms with Crippen LogP contribution in [0, 0.1) is 5.41 Å². The number of rotatable bonds is 4. The van der Waals surface area contributed by atoms with Crippen LogP contribution in [0.2, 0.25) is 0 Å². The Morgan fingerprint density at radius 1 is 1.00 bits per heavy atom. The first-order chi connectivity index (χ1) is 12.0. The standard InChI is InChI=1S/C23H25NO/c1-18-14-15-21(25)23(16-18,17-24-20-12-8-5-9-13-20)22(2,3)19-10-6-4-7-11-19/h4-17,21,25H,1-3H3. The molecule has 2 heteroatoms. The van der Waals surface area contributed by atoms with E-state index in [1.807, 2.05) is 66.9 Å². The maximum atomic E-state index is 11.0. The Labute approximate surface area is 150 Å². The summed E-state index contributed by atoms with van der Waals surface area (Å²) in [5.41, 5.74) is 2.24. The molecule has 0 saturated carbocycles. The van der Waals surface area contributed by atoms with E-state index in [1.54, 1.807) is 0 Å². The number of aliphatic imine (C=N–C) groups is 1. The fourth-order valence-corrected chi connectivity index (χ4v) is 3.54. The van der Waals surface area contributed by atoms with E-state index in [1.165, 1.54) is 5.56 Å². The van der Waals surface area contributed by atoms with Crippen LogP contribution in [0.15, 0.2) is 89.5 Å². The van der Waals surface area contributed by atoms with Gasteiger partial charge in [-0.3, -0.25) is 4.99 Å².